The summed E-state index contributed by atoms with van der Waals surface area (Å²) in [6.45, 7) is 10.3. The number of aryl methyl sites for hydroxylation is 1. The average molecular weight is 250 g/mol. The third-order valence-electron chi connectivity index (χ3n) is 4.13. The molecule has 100 valence electrons. The SMILES string of the molecule is Cc1cc(N2CC(C)C(C)C2)c([C@H](C)N)cc1F. The highest BCUT2D eigenvalue weighted by atomic mass is 19.1. The van der Waals surface area contributed by atoms with Crippen LogP contribution in [-0.4, -0.2) is 13.1 Å². The van der Waals surface area contributed by atoms with Crippen LogP contribution in [0.15, 0.2) is 12.1 Å². The number of hydrogen-bond donors (Lipinski definition) is 1. The van der Waals surface area contributed by atoms with Crippen molar-refractivity contribution in [3.8, 4) is 0 Å². The number of nitrogens with zero attached hydrogens (tertiary/aromatic N) is 1. The van der Waals surface area contributed by atoms with Gasteiger partial charge in [-0.3, -0.25) is 0 Å². The molecule has 1 aromatic carbocycles. The Kier molecular flexibility index (Phi) is 3.62. The number of anilines is 1. The van der Waals surface area contributed by atoms with Gasteiger partial charge in [0, 0.05) is 24.8 Å². The predicted molar refractivity (Wildman–Crippen MR) is 74.3 cm³/mol. The number of benzene rings is 1. The highest BCUT2D eigenvalue weighted by molar-refractivity contribution is 5.57. The number of rotatable bonds is 2. The molecule has 2 N–H and O–H groups in total. The Morgan fingerprint density at radius 3 is 2.33 bits per heavy atom. The normalized spacial score (nSPS) is 25.6. The zero-order chi connectivity index (χ0) is 13.4. The maximum Gasteiger partial charge on any atom is 0.126 e. The molecule has 3 atom stereocenters. The average Bonchev–Trinajstić information content (AvgIpc) is 2.62. The summed E-state index contributed by atoms with van der Waals surface area (Å²) in [5, 5.41) is 0. The van der Waals surface area contributed by atoms with Crippen molar-refractivity contribution in [3.63, 3.8) is 0 Å². The lowest BCUT2D eigenvalue weighted by Gasteiger charge is -2.24. The second-order valence-corrected chi connectivity index (χ2v) is 5.81. The van der Waals surface area contributed by atoms with Crippen LogP contribution in [0.3, 0.4) is 0 Å². The van der Waals surface area contributed by atoms with Crippen molar-refractivity contribution in [3.05, 3.63) is 29.1 Å². The van der Waals surface area contributed by atoms with E-state index in [0.717, 1.165) is 24.3 Å². The molecule has 0 spiro atoms. The van der Waals surface area contributed by atoms with Gasteiger partial charge in [-0.15, -0.1) is 0 Å². The van der Waals surface area contributed by atoms with Crippen LogP contribution in [0.5, 0.6) is 0 Å². The van der Waals surface area contributed by atoms with Gasteiger partial charge in [0.05, 0.1) is 0 Å². The molecule has 2 rings (SSSR count). The maximum atomic E-state index is 13.7. The molecule has 1 aromatic rings. The lowest BCUT2D eigenvalue weighted by atomic mass is 10.0. The Labute approximate surface area is 109 Å². The van der Waals surface area contributed by atoms with Gasteiger partial charge < -0.3 is 10.6 Å². The fourth-order valence-corrected chi connectivity index (χ4v) is 2.65. The second kappa shape index (κ2) is 4.88. The summed E-state index contributed by atoms with van der Waals surface area (Å²) in [5.41, 5.74) is 8.70. The lowest BCUT2D eigenvalue weighted by molar-refractivity contribution is 0.494. The van der Waals surface area contributed by atoms with Gasteiger partial charge >= 0.3 is 0 Å². The van der Waals surface area contributed by atoms with Gasteiger partial charge in [0.15, 0.2) is 0 Å². The highest BCUT2D eigenvalue weighted by Gasteiger charge is 2.28. The summed E-state index contributed by atoms with van der Waals surface area (Å²) in [6, 6.07) is 3.41. The van der Waals surface area contributed by atoms with E-state index in [1.165, 1.54) is 0 Å². The van der Waals surface area contributed by atoms with E-state index in [4.69, 9.17) is 5.73 Å². The van der Waals surface area contributed by atoms with Crippen LogP contribution >= 0.6 is 0 Å². The van der Waals surface area contributed by atoms with Gasteiger partial charge in [-0.1, -0.05) is 13.8 Å². The largest absolute Gasteiger partial charge is 0.371 e. The fraction of sp³-hybridized carbons (Fsp3) is 0.600. The molecular weight excluding hydrogens is 227 g/mol. The van der Waals surface area contributed by atoms with Crippen LogP contribution in [0.25, 0.3) is 0 Å². The summed E-state index contributed by atoms with van der Waals surface area (Å²) in [5.74, 6) is 1.19. The van der Waals surface area contributed by atoms with E-state index >= 15 is 0 Å². The number of hydrogen-bond acceptors (Lipinski definition) is 2. The molecule has 0 aliphatic carbocycles. The van der Waals surface area contributed by atoms with E-state index in [9.17, 15) is 4.39 Å². The molecule has 1 aliphatic heterocycles. The molecule has 0 bridgehead atoms. The number of nitrogens with two attached hydrogens (primary N) is 1. The first-order valence-corrected chi connectivity index (χ1v) is 6.70. The molecule has 2 unspecified atom stereocenters. The third kappa shape index (κ3) is 2.37. The molecule has 1 aliphatic rings. The predicted octanol–water partition coefficient (Wildman–Crippen LogP) is 3.25. The zero-order valence-electron chi connectivity index (χ0n) is 11.7. The second-order valence-electron chi connectivity index (χ2n) is 5.81. The van der Waals surface area contributed by atoms with Gasteiger partial charge in [0.2, 0.25) is 0 Å². The summed E-state index contributed by atoms with van der Waals surface area (Å²) in [6.07, 6.45) is 0. The van der Waals surface area contributed by atoms with Gasteiger partial charge in [-0.25, -0.2) is 4.39 Å². The standard InChI is InChI=1S/C15H23FN2/c1-9-5-15(13(12(4)17)6-14(9)16)18-7-10(2)11(3)8-18/h5-6,10-12H,7-8,17H2,1-4H3/t10?,11?,12-/m0/s1. The lowest BCUT2D eigenvalue weighted by Crippen LogP contribution is -2.23. The van der Waals surface area contributed by atoms with Gasteiger partial charge in [-0.05, 0) is 48.9 Å². The monoisotopic (exact) mass is 250 g/mol. The van der Waals surface area contributed by atoms with Crippen LogP contribution in [0.1, 0.15) is 37.9 Å². The van der Waals surface area contributed by atoms with Crippen LogP contribution in [0, 0.1) is 24.6 Å². The van der Waals surface area contributed by atoms with Crippen molar-refractivity contribution in [2.24, 2.45) is 17.6 Å². The van der Waals surface area contributed by atoms with Crippen LogP contribution in [0.2, 0.25) is 0 Å². The van der Waals surface area contributed by atoms with Crippen molar-refractivity contribution in [1.82, 2.24) is 0 Å². The molecule has 0 saturated carbocycles. The summed E-state index contributed by atoms with van der Waals surface area (Å²) >= 11 is 0. The molecule has 0 amide bonds. The molecule has 1 saturated heterocycles. The Morgan fingerprint density at radius 1 is 1.28 bits per heavy atom. The minimum absolute atomic E-state index is 0.138. The van der Waals surface area contributed by atoms with Gasteiger partial charge in [0.25, 0.3) is 0 Å². The molecule has 1 heterocycles. The highest BCUT2D eigenvalue weighted by Crippen LogP contribution is 2.33. The minimum Gasteiger partial charge on any atom is -0.371 e. The van der Waals surface area contributed by atoms with Gasteiger partial charge in [0.1, 0.15) is 5.82 Å². The fourth-order valence-electron chi connectivity index (χ4n) is 2.65. The number of halogens is 1. The third-order valence-corrected chi connectivity index (χ3v) is 4.13. The van der Waals surface area contributed by atoms with E-state index in [0.29, 0.717) is 17.4 Å². The molecule has 0 radical (unpaired) electrons. The van der Waals surface area contributed by atoms with Crippen LogP contribution in [0.4, 0.5) is 10.1 Å². The molecule has 0 aromatic heterocycles. The Morgan fingerprint density at radius 2 is 1.83 bits per heavy atom. The molecule has 3 heteroatoms. The minimum atomic E-state index is -0.161. The Bertz CT molecular complexity index is 432. The smallest absolute Gasteiger partial charge is 0.126 e. The quantitative estimate of drug-likeness (QED) is 0.873. The summed E-state index contributed by atoms with van der Waals surface area (Å²) in [7, 11) is 0. The first kappa shape index (κ1) is 13.3. The molecule has 18 heavy (non-hydrogen) atoms. The molecular formula is C15H23FN2. The Hall–Kier alpha value is -1.09. The maximum absolute atomic E-state index is 13.7. The van der Waals surface area contributed by atoms with Crippen molar-refractivity contribution >= 4 is 5.69 Å². The van der Waals surface area contributed by atoms with Crippen molar-refractivity contribution < 1.29 is 4.39 Å². The van der Waals surface area contributed by atoms with Crippen molar-refractivity contribution in [2.75, 3.05) is 18.0 Å². The van der Waals surface area contributed by atoms with E-state index in [1.807, 2.05) is 19.9 Å². The van der Waals surface area contributed by atoms with E-state index in [2.05, 4.69) is 18.7 Å². The molecule has 2 nitrogen and oxygen atoms in total. The first-order chi connectivity index (χ1) is 8.40. The van der Waals surface area contributed by atoms with Crippen LogP contribution < -0.4 is 10.6 Å². The molecule has 1 fully saturated rings. The van der Waals surface area contributed by atoms with E-state index < -0.39 is 0 Å². The zero-order valence-corrected chi connectivity index (χ0v) is 11.7. The van der Waals surface area contributed by atoms with Crippen molar-refractivity contribution in [1.29, 1.82) is 0 Å². The van der Waals surface area contributed by atoms with Crippen molar-refractivity contribution in [2.45, 2.75) is 33.7 Å². The van der Waals surface area contributed by atoms with Crippen LogP contribution in [-0.2, 0) is 0 Å². The summed E-state index contributed by atoms with van der Waals surface area (Å²) in [4.78, 5) is 2.35. The van der Waals surface area contributed by atoms with E-state index in [1.54, 1.807) is 6.07 Å². The first-order valence-electron chi connectivity index (χ1n) is 6.70. The van der Waals surface area contributed by atoms with E-state index in [-0.39, 0.29) is 11.9 Å². The topological polar surface area (TPSA) is 29.3 Å². The Balaban J connectivity index is 2.40. The summed E-state index contributed by atoms with van der Waals surface area (Å²) < 4.78 is 13.7. The van der Waals surface area contributed by atoms with Gasteiger partial charge in [-0.2, -0.15) is 0 Å².